The summed E-state index contributed by atoms with van der Waals surface area (Å²) < 4.78 is 21.3. The third-order valence-electron chi connectivity index (χ3n) is 4.87. The maximum atomic E-state index is 13.2. The van der Waals surface area contributed by atoms with E-state index in [0.717, 1.165) is 12.8 Å². The number of hydrogen-bond donors (Lipinski definition) is 1. The van der Waals surface area contributed by atoms with Crippen molar-refractivity contribution in [3.05, 3.63) is 29.1 Å². The minimum Gasteiger partial charge on any atom is -0.493 e. The Morgan fingerprint density at radius 3 is 2.27 bits per heavy atom. The molecule has 1 N–H and O–H groups in total. The Hall–Kier alpha value is -3.49. The van der Waals surface area contributed by atoms with Crippen LogP contribution in [0, 0.1) is 5.92 Å². The number of oxime groups is 1. The summed E-state index contributed by atoms with van der Waals surface area (Å²) in [5.41, 5.74) is 1.66. The lowest BCUT2D eigenvalue weighted by atomic mass is 9.94. The highest BCUT2D eigenvalue weighted by atomic mass is 16.6. The molecule has 0 aliphatic heterocycles. The molecule has 1 saturated carbocycles. The maximum absolute atomic E-state index is 13.2. The van der Waals surface area contributed by atoms with Crippen LogP contribution in [0.15, 0.2) is 17.3 Å². The highest BCUT2D eigenvalue weighted by Gasteiger charge is 2.38. The summed E-state index contributed by atoms with van der Waals surface area (Å²) in [5.74, 6) is 0.236. The molecular formula is C21H24N2O7. The van der Waals surface area contributed by atoms with E-state index in [4.69, 9.17) is 23.8 Å². The number of ether oxygens (including phenoxy) is 4. The van der Waals surface area contributed by atoms with E-state index in [1.165, 1.54) is 41.8 Å². The Balaban J connectivity index is 2.37. The number of rotatable bonds is 9. The topological polar surface area (TPSA) is 108 Å². The summed E-state index contributed by atoms with van der Waals surface area (Å²) in [7, 11) is 7.15. The van der Waals surface area contributed by atoms with E-state index in [0.29, 0.717) is 34.1 Å². The number of carbonyl (C=O) groups is 2. The largest absolute Gasteiger partial charge is 0.493 e. The van der Waals surface area contributed by atoms with Crippen LogP contribution in [0.3, 0.4) is 0 Å². The first-order chi connectivity index (χ1) is 14.5. The second kappa shape index (κ2) is 8.89. The molecule has 9 heteroatoms. The average molecular weight is 416 g/mol. The zero-order chi connectivity index (χ0) is 21.8. The van der Waals surface area contributed by atoms with Gasteiger partial charge in [-0.3, -0.25) is 4.79 Å². The first kappa shape index (κ1) is 21.2. The lowest BCUT2D eigenvalue weighted by Gasteiger charge is -2.16. The average Bonchev–Trinajstić information content (AvgIpc) is 3.56. The Morgan fingerprint density at radius 1 is 1.03 bits per heavy atom. The van der Waals surface area contributed by atoms with Gasteiger partial charge in [-0.05, 0) is 25.0 Å². The molecule has 0 unspecified atom stereocenters. The second-order valence-corrected chi connectivity index (χ2v) is 6.59. The molecule has 0 saturated heterocycles. The SMILES string of the molecule is CON=Cc1[nH]c(C(=O)OC)c(C(=O)C2CC2)c1-c1ccc(OC)c(OC)c1OC. The predicted octanol–water partition coefficient (Wildman–Crippen LogP) is 3.07. The predicted molar refractivity (Wildman–Crippen MR) is 109 cm³/mol. The van der Waals surface area contributed by atoms with Crippen LogP contribution >= 0.6 is 0 Å². The molecule has 1 heterocycles. The first-order valence-corrected chi connectivity index (χ1v) is 9.26. The fraction of sp³-hybridized carbons (Fsp3) is 0.381. The van der Waals surface area contributed by atoms with Crippen LogP contribution < -0.4 is 14.2 Å². The summed E-state index contributed by atoms with van der Waals surface area (Å²) in [5, 5.41) is 3.80. The van der Waals surface area contributed by atoms with Crippen LogP contribution in [0.1, 0.15) is 39.4 Å². The molecule has 30 heavy (non-hydrogen) atoms. The van der Waals surface area contributed by atoms with Crippen molar-refractivity contribution >= 4 is 18.0 Å². The van der Waals surface area contributed by atoms with Crippen molar-refractivity contribution < 1.29 is 33.4 Å². The van der Waals surface area contributed by atoms with Gasteiger partial charge in [0, 0.05) is 17.0 Å². The second-order valence-electron chi connectivity index (χ2n) is 6.59. The standard InChI is InChI=1S/C21H24N2O7/c1-26-14-9-8-12(19(27-2)20(14)28-3)15-13(10-22-30-5)23-17(21(25)29-4)16(15)18(24)11-6-7-11/h8-11,23H,6-7H2,1-5H3. The van der Waals surface area contributed by atoms with Gasteiger partial charge in [0.05, 0.1) is 45.9 Å². The van der Waals surface area contributed by atoms with E-state index in [2.05, 4.69) is 10.1 Å². The van der Waals surface area contributed by atoms with Gasteiger partial charge >= 0.3 is 5.97 Å². The molecule has 1 aliphatic carbocycles. The summed E-state index contributed by atoms with van der Waals surface area (Å²) in [6.45, 7) is 0. The number of aromatic amines is 1. The van der Waals surface area contributed by atoms with Gasteiger partial charge in [0.1, 0.15) is 12.8 Å². The van der Waals surface area contributed by atoms with Crippen molar-refractivity contribution in [2.75, 3.05) is 35.5 Å². The number of nitrogens with zero attached hydrogens (tertiary/aromatic N) is 1. The zero-order valence-electron chi connectivity index (χ0n) is 17.5. The van der Waals surface area contributed by atoms with Gasteiger partial charge in [0.15, 0.2) is 17.3 Å². The lowest BCUT2D eigenvalue weighted by molar-refractivity contribution is 0.0590. The molecule has 160 valence electrons. The van der Waals surface area contributed by atoms with Crippen molar-refractivity contribution in [3.8, 4) is 28.4 Å². The molecule has 1 aromatic carbocycles. The number of hydrogen-bond acceptors (Lipinski definition) is 8. The fourth-order valence-corrected chi connectivity index (χ4v) is 3.35. The highest BCUT2D eigenvalue weighted by molar-refractivity contribution is 6.15. The molecule has 0 radical (unpaired) electrons. The normalized spacial score (nSPS) is 13.2. The molecule has 1 fully saturated rings. The van der Waals surface area contributed by atoms with Crippen LogP contribution in [-0.4, -0.2) is 58.5 Å². The number of esters is 1. The Kier molecular flexibility index (Phi) is 6.29. The summed E-state index contributed by atoms with van der Waals surface area (Å²) in [4.78, 5) is 33.4. The maximum Gasteiger partial charge on any atom is 0.355 e. The Labute approximate surface area is 173 Å². The van der Waals surface area contributed by atoms with Crippen molar-refractivity contribution in [2.45, 2.75) is 12.8 Å². The molecule has 0 atom stereocenters. The molecule has 0 spiro atoms. The number of Topliss-reactive ketones (excluding diaryl/α,β-unsaturated/α-hetero) is 1. The van der Waals surface area contributed by atoms with Gasteiger partial charge in [0.2, 0.25) is 5.75 Å². The number of carbonyl (C=O) groups excluding carboxylic acids is 2. The van der Waals surface area contributed by atoms with E-state index in [9.17, 15) is 9.59 Å². The van der Waals surface area contributed by atoms with Crippen LogP contribution in [0.4, 0.5) is 0 Å². The Morgan fingerprint density at radius 2 is 1.73 bits per heavy atom. The van der Waals surface area contributed by atoms with Gasteiger partial charge < -0.3 is 28.8 Å². The molecule has 0 bridgehead atoms. The van der Waals surface area contributed by atoms with E-state index in [1.807, 2.05) is 0 Å². The van der Waals surface area contributed by atoms with Gasteiger partial charge in [-0.1, -0.05) is 5.16 Å². The van der Waals surface area contributed by atoms with E-state index >= 15 is 0 Å². The smallest absolute Gasteiger partial charge is 0.355 e. The van der Waals surface area contributed by atoms with Gasteiger partial charge in [-0.15, -0.1) is 0 Å². The monoisotopic (exact) mass is 416 g/mol. The third kappa shape index (κ3) is 3.70. The van der Waals surface area contributed by atoms with Crippen molar-refractivity contribution in [1.82, 2.24) is 4.98 Å². The minimum atomic E-state index is -0.656. The number of H-pyrrole nitrogens is 1. The molecule has 2 aromatic rings. The molecule has 1 aliphatic rings. The number of aromatic nitrogens is 1. The lowest BCUT2D eigenvalue weighted by Crippen LogP contribution is -2.11. The van der Waals surface area contributed by atoms with Gasteiger partial charge in [-0.2, -0.15) is 0 Å². The number of benzene rings is 1. The number of ketones is 1. The Bertz CT molecular complexity index is 990. The molecule has 1 aromatic heterocycles. The van der Waals surface area contributed by atoms with Crippen LogP contribution in [0.25, 0.3) is 11.1 Å². The third-order valence-corrected chi connectivity index (χ3v) is 4.87. The molecule has 9 nitrogen and oxygen atoms in total. The minimum absolute atomic E-state index is 0.0544. The van der Waals surface area contributed by atoms with Crippen molar-refractivity contribution in [1.29, 1.82) is 0 Å². The molecule has 0 amide bonds. The zero-order valence-corrected chi connectivity index (χ0v) is 17.5. The summed E-state index contributed by atoms with van der Waals surface area (Å²) >= 11 is 0. The van der Waals surface area contributed by atoms with Crippen LogP contribution in [0.5, 0.6) is 17.2 Å². The van der Waals surface area contributed by atoms with E-state index in [-0.39, 0.29) is 23.0 Å². The fourth-order valence-electron chi connectivity index (χ4n) is 3.35. The van der Waals surface area contributed by atoms with Gasteiger partial charge in [-0.25, -0.2) is 4.79 Å². The summed E-state index contributed by atoms with van der Waals surface area (Å²) in [6.07, 6.45) is 2.94. The summed E-state index contributed by atoms with van der Waals surface area (Å²) in [6, 6.07) is 3.43. The number of nitrogens with one attached hydrogen (secondary N) is 1. The molecule has 3 rings (SSSR count). The highest BCUT2D eigenvalue weighted by Crippen LogP contribution is 2.47. The van der Waals surface area contributed by atoms with Crippen molar-refractivity contribution in [3.63, 3.8) is 0 Å². The van der Waals surface area contributed by atoms with E-state index in [1.54, 1.807) is 12.1 Å². The molecular weight excluding hydrogens is 392 g/mol. The quantitative estimate of drug-likeness (QED) is 0.290. The van der Waals surface area contributed by atoms with Crippen molar-refractivity contribution in [2.24, 2.45) is 11.1 Å². The first-order valence-electron chi connectivity index (χ1n) is 9.26. The van der Waals surface area contributed by atoms with E-state index < -0.39 is 5.97 Å². The van der Waals surface area contributed by atoms with Gasteiger partial charge in [0.25, 0.3) is 0 Å². The number of methoxy groups -OCH3 is 4. The van der Waals surface area contributed by atoms with Crippen LogP contribution in [0.2, 0.25) is 0 Å². The van der Waals surface area contributed by atoms with Crippen LogP contribution in [-0.2, 0) is 9.57 Å².